The Morgan fingerprint density at radius 3 is 1.28 bits per heavy atom. The second kappa shape index (κ2) is 25.1. The van der Waals surface area contributed by atoms with Crippen molar-refractivity contribution in [3.8, 4) is 0 Å². The van der Waals surface area contributed by atoms with Crippen LogP contribution < -0.4 is 16.0 Å². The van der Waals surface area contributed by atoms with Gasteiger partial charge < -0.3 is 21.1 Å². The van der Waals surface area contributed by atoms with Crippen LogP contribution in [0.2, 0.25) is 0 Å². The van der Waals surface area contributed by atoms with Gasteiger partial charge in [-0.05, 0) is 119 Å². The summed E-state index contributed by atoms with van der Waals surface area (Å²) >= 11 is 0. The number of anilines is 3. The van der Waals surface area contributed by atoms with Gasteiger partial charge in [0.05, 0.1) is 19.6 Å². The second-order valence-corrected chi connectivity index (χ2v) is 20.8. The fourth-order valence-electron chi connectivity index (χ4n) is 10.7. The van der Waals surface area contributed by atoms with Crippen LogP contribution in [0.25, 0.3) is 0 Å². The van der Waals surface area contributed by atoms with E-state index in [9.17, 15) is 9.90 Å². The zero-order chi connectivity index (χ0) is 44.4. The zero-order valence-corrected chi connectivity index (χ0v) is 40.7. The van der Waals surface area contributed by atoms with Crippen LogP contribution in [0.1, 0.15) is 218 Å². The van der Waals surface area contributed by atoms with Crippen molar-refractivity contribution in [2.45, 2.75) is 252 Å². The first-order chi connectivity index (χ1) is 28.4. The lowest BCUT2D eigenvalue weighted by Crippen LogP contribution is -2.62. The molecule has 60 heavy (non-hydrogen) atoms. The highest BCUT2D eigenvalue weighted by atomic mass is 16.7. The largest absolute Gasteiger partial charge is 0.481 e. The molecule has 4 N–H and O–H groups in total. The maximum atomic E-state index is 11.5. The highest BCUT2D eigenvalue weighted by Gasteiger charge is 2.49. The van der Waals surface area contributed by atoms with Crippen LogP contribution in [0.15, 0.2) is 0 Å². The summed E-state index contributed by atoms with van der Waals surface area (Å²) in [6.07, 6.45) is 22.9. The third-order valence-corrected chi connectivity index (χ3v) is 12.9. The Hall–Kier alpha value is -2.28. The maximum Gasteiger partial charge on any atom is 0.305 e. The van der Waals surface area contributed by atoms with Crippen molar-refractivity contribution in [3.63, 3.8) is 0 Å². The first-order valence-electron chi connectivity index (χ1n) is 24.5. The van der Waals surface area contributed by atoms with E-state index in [0.717, 1.165) is 77.4 Å². The first kappa shape index (κ1) is 52.1. The molecule has 2 atom stereocenters. The van der Waals surface area contributed by atoms with E-state index in [4.69, 9.17) is 24.6 Å². The van der Waals surface area contributed by atoms with Gasteiger partial charge in [-0.1, -0.05) is 105 Å². The molecular formula is C48H92N8O4. The molecule has 12 nitrogen and oxygen atoms in total. The highest BCUT2D eigenvalue weighted by molar-refractivity contribution is 5.67. The van der Waals surface area contributed by atoms with E-state index < -0.39 is 5.97 Å². The number of aromatic nitrogens is 3. The number of carboxylic acid groups (broad SMARTS) is 1. The number of unbranched alkanes of at least 4 members (excludes halogenated alkanes) is 10. The number of piperidine rings is 2. The van der Waals surface area contributed by atoms with Crippen LogP contribution in [0.4, 0.5) is 17.8 Å². The lowest BCUT2D eigenvalue weighted by Gasteiger charge is -2.55. The molecule has 2 unspecified atom stereocenters. The van der Waals surface area contributed by atoms with Crippen LogP contribution in [0.3, 0.4) is 0 Å². The molecule has 0 aliphatic carbocycles. The van der Waals surface area contributed by atoms with Crippen LogP contribution in [0.5, 0.6) is 0 Å². The van der Waals surface area contributed by atoms with Gasteiger partial charge >= 0.3 is 5.97 Å². The molecule has 0 bridgehead atoms. The predicted octanol–water partition coefficient (Wildman–Crippen LogP) is 12.0. The molecule has 1 aromatic rings. The number of hydrogen-bond donors (Lipinski definition) is 4. The van der Waals surface area contributed by atoms with E-state index in [-0.39, 0.29) is 47.2 Å². The van der Waals surface area contributed by atoms with Gasteiger partial charge in [0.1, 0.15) is 0 Å². The van der Waals surface area contributed by atoms with Crippen molar-refractivity contribution in [1.29, 1.82) is 0 Å². The highest BCUT2D eigenvalue weighted by Crippen LogP contribution is 2.45. The molecule has 0 radical (unpaired) electrons. The minimum Gasteiger partial charge on any atom is -0.481 e. The number of nitrogens with one attached hydrogen (secondary N) is 3. The smallest absolute Gasteiger partial charge is 0.305 e. The average molecular weight is 845 g/mol. The number of rotatable bonds is 30. The van der Waals surface area contributed by atoms with Crippen molar-refractivity contribution in [3.05, 3.63) is 0 Å². The monoisotopic (exact) mass is 845 g/mol. The van der Waals surface area contributed by atoms with E-state index >= 15 is 0 Å². The molecule has 1 aromatic heterocycles. The van der Waals surface area contributed by atoms with E-state index in [2.05, 4.69) is 109 Å². The number of carboxylic acids is 1. The molecule has 2 aliphatic heterocycles. The molecule has 348 valence electrons. The van der Waals surface area contributed by atoms with Crippen molar-refractivity contribution >= 4 is 23.8 Å². The van der Waals surface area contributed by atoms with Gasteiger partial charge in [-0.2, -0.15) is 25.1 Å². The minimum absolute atomic E-state index is 0.0263. The summed E-state index contributed by atoms with van der Waals surface area (Å²) in [7, 11) is 0. The zero-order valence-electron chi connectivity index (χ0n) is 40.7. The Morgan fingerprint density at radius 2 is 0.933 bits per heavy atom. The fourth-order valence-corrected chi connectivity index (χ4v) is 10.7. The maximum absolute atomic E-state index is 11.5. The van der Waals surface area contributed by atoms with Gasteiger partial charge in [-0.25, -0.2) is 0 Å². The van der Waals surface area contributed by atoms with E-state index in [0.29, 0.717) is 29.7 Å². The molecule has 2 aliphatic rings. The number of nitrogens with zero attached hydrogens (tertiary/aromatic N) is 5. The molecule has 0 amide bonds. The third-order valence-electron chi connectivity index (χ3n) is 12.9. The molecule has 3 heterocycles. The summed E-state index contributed by atoms with van der Waals surface area (Å²) in [5, 5.41) is 24.8. The quantitative estimate of drug-likeness (QED) is 0.0549. The molecule has 3 rings (SSSR count). The SMILES string of the molecule is CCCCCCCCON1C(C)(C)CC(C(CCC)Nc2nc(NCCC(=O)O)nc(NC(CCC)C3CC(C)(C)N(OCCCCCCCC)C(C)(C)C3)n2)CC1(C)C. The van der Waals surface area contributed by atoms with Crippen LogP contribution in [0, 0.1) is 11.8 Å². The fraction of sp³-hybridized carbons (Fsp3) is 0.917. The number of carbonyl (C=O) groups is 1. The van der Waals surface area contributed by atoms with Crippen LogP contribution in [-0.2, 0) is 14.5 Å². The normalized spacial score (nSPS) is 20.5. The van der Waals surface area contributed by atoms with Crippen molar-refractivity contribution in [1.82, 2.24) is 25.1 Å². The van der Waals surface area contributed by atoms with Gasteiger partial charge in [0.2, 0.25) is 17.8 Å². The van der Waals surface area contributed by atoms with E-state index in [1.54, 1.807) is 0 Å². The lowest BCUT2D eigenvalue weighted by molar-refractivity contribution is -0.289. The molecule has 0 aromatic carbocycles. The van der Waals surface area contributed by atoms with Gasteiger partial charge in [0.15, 0.2) is 0 Å². The van der Waals surface area contributed by atoms with Gasteiger partial charge in [0.25, 0.3) is 0 Å². The molecule has 2 saturated heterocycles. The standard InChI is InChI=1S/C48H92N8O4/c1-13-17-19-21-23-25-31-59-55-45(5,6)33-37(34-46(55,7)8)39(27-15-3)50-43-52-42(49-30-29-41(57)58)53-44(54-43)51-40(28-16-4)38-35-47(9,10)56(48(11,12)36-38)60-32-26-24-22-20-18-14-2/h37-40H,13-36H2,1-12H3,(H,57,58)(H3,49,50,51,52,53,54). The van der Waals surface area contributed by atoms with E-state index in [1.165, 1.54) is 64.2 Å². The summed E-state index contributed by atoms with van der Waals surface area (Å²) in [6.45, 7) is 29.3. The van der Waals surface area contributed by atoms with Gasteiger partial charge in [-0.3, -0.25) is 14.5 Å². The van der Waals surface area contributed by atoms with Crippen molar-refractivity contribution in [2.75, 3.05) is 35.7 Å². The Balaban J connectivity index is 1.81. The van der Waals surface area contributed by atoms with Crippen LogP contribution in [-0.4, -0.2) is 90.2 Å². The molecule has 2 fully saturated rings. The Morgan fingerprint density at radius 1 is 0.583 bits per heavy atom. The minimum atomic E-state index is -0.862. The number of hydroxylamine groups is 4. The van der Waals surface area contributed by atoms with E-state index in [1.807, 2.05) is 0 Å². The number of hydrogen-bond acceptors (Lipinski definition) is 11. The third kappa shape index (κ3) is 16.8. The Bertz CT molecular complexity index is 1250. The Kier molecular flexibility index (Phi) is 21.8. The van der Waals surface area contributed by atoms with Crippen molar-refractivity contribution < 1.29 is 19.6 Å². The molecule has 0 spiro atoms. The molecule has 0 saturated carbocycles. The lowest BCUT2D eigenvalue weighted by atomic mass is 9.71. The average Bonchev–Trinajstić information content (AvgIpc) is 3.14. The van der Waals surface area contributed by atoms with Gasteiger partial charge in [-0.15, -0.1) is 0 Å². The topological polar surface area (TPSA) is 137 Å². The summed E-state index contributed by atoms with van der Waals surface area (Å²) in [4.78, 5) is 39.4. The van der Waals surface area contributed by atoms with Crippen molar-refractivity contribution in [2.24, 2.45) is 11.8 Å². The summed E-state index contributed by atoms with van der Waals surface area (Å²) < 4.78 is 0. The molecule has 12 heteroatoms. The van der Waals surface area contributed by atoms with Gasteiger partial charge in [0, 0.05) is 40.8 Å². The summed E-state index contributed by atoms with van der Waals surface area (Å²) in [5.74, 6) is 1.31. The second-order valence-electron chi connectivity index (χ2n) is 20.8. The van der Waals surface area contributed by atoms with Crippen LogP contribution >= 0.6 is 0 Å². The Labute approximate surface area is 367 Å². The predicted molar refractivity (Wildman–Crippen MR) is 249 cm³/mol. The molecular weight excluding hydrogens is 753 g/mol. The summed E-state index contributed by atoms with van der Waals surface area (Å²) in [6, 6.07) is 0.287. The first-order valence-corrected chi connectivity index (χ1v) is 24.5. The number of aliphatic carboxylic acids is 1. The summed E-state index contributed by atoms with van der Waals surface area (Å²) in [5.41, 5.74) is -0.605.